The molecule has 0 aliphatic carbocycles. The van der Waals surface area contributed by atoms with E-state index < -0.39 is 6.10 Å². The Morgan fingerprint density at radius 1 is 1.21 bits per heavy atom. The van der Waals surface area contributed by atoms with Crippen LogP contribution in [0.3, 0.4) is 0 Å². The van der Waals surface area contributed by atoms with E-state index in [1.165, 1.54) is 0 Å². The van der Waals surface area contributed by atoms with Crippen LogP contribution in [-0.4, -0.2) is 32.4 Å². The summed E-state index contributed by atoms with van der Waals surface area (Å²) in [6, 6.07) is 3.64. The molecule has 0 bridgehead atoms. The molecule has 1 unspecified atom stereocenters. The molecular formula is C14H22BrNO3. The molecule has 19 heavy (non-hydrogen) atoms. The van der Waals surface area contributed by atoms with E-state index in [1.807, 2.05) is 12.1 Å². The molecule has 0 aliphatic rings. The van der Waals surface area contributed by atoms with Crippen LogP contribution in [0.1, 0.15) is 25.5 Å². The van der Waals surface area contributed by atoms with Crippen molar-refractivity contribution in [3.8, 4) is 11.5 Å². The van der Waals surface area contributed by atoms with E-state index in [1.54, 1.807) is 14.2 Å². The lowest BCUT2D eigenvalue weighted by Gasteiger charge is -2.18. The number of halogens is 1. The van der Waals surface area contributed by atoms with Gasteiger partial charge in [0.05, 0.1) is 20.3 Å². The summed E-state index contributed by atoms with van der Waals surface area (Å²) >= 11 is 3.43. The minimum absolute atomic E-state index is 0.493. The van der Waals surface area contributed by atoms with Crippen molar-refractivity contribution < 1.29 is 14.6 Å². The topological polar surface area (TPSA) is 50.7 Å². The Hall–Kier alpha value is -0.780. The molecule has 0 saturated heterocycles. The lowest BCUT2D eigenvalue weighted by atomic mass is 10.1. The van der Waals surface area contributed by atoms with Crippen LogP contribution in [-0.2, 0) is 0 Å². The molecule has 0 aromatic heterocycles. The second kappa shape index (κ2) is 7.72. The fraction of sp³-hybridized carbons (Fsp3) is 0.571. The van der Waals surface area contributed by atoms with Gasteiger partial charge in [0.25, 0.3) is 0 Å². The molecule has 0 spiro atoms. The van der Waals surface area contributed by atoms with Gasteiger partial charge in [0.1, 0.15) is 16.0 Å². The number of benzene rings is 1. The molecule has 1 atom stereocenters. The van der Waals surface area contributed by atoms with Gasteiger partial charge in [-0.3, -0.25) is 0 Å². The number of aliphatic hydroxyl groups excluding tert-OH is 1. The average molecular weight is 332 g/mol. The van der Waals surface area contributed by atoms with Crippen molar-refractivity contribution in [2.75, 3.05) is 27.3 Å². The van der Waals surface area contributed by atoms with Crippen molar-refractivity contribution in [3.63, 3.8) is 0 Å². The predicted molar refractivity (Wildman–Crippen MR) is 79.9 cm³/mol. The zero-order valence-corrected chi connectivity index (χ0v) is 13.5. The second-order valence-corrected chi connectivity index (χ2v) is 5.57. The van der Waals surface area contributed by atoms with Crippen molar-refractivity contribution in [1.82, 2.24) is 5.32 Å². The van der Waals surface area contributed by atoms with Gasteiger partial charge in [0, 0.05) is 12.1 Å². The largest absolute Gasteiger partial charge is 0.495 e. The van der Waals surface area contributed by atoms with Gasteiger partial charge in [-0.2, -0.15) is 0 Å². The van der Waals surface area contributed by atoms with Crippen LogP contribution in [0.2, 0.25) is 0 Å². The summed E-state index contributed by atoms with van der Waals surface area (Å²) in [6.45, 7) is 5.62. The van der Waals surface area contributed by atoms with Gasteiger partial charge >= 0.3 is 0 Å². The fourth-order valence-corrected chi connectivity index (χ4v) is 2.48. The third-order valence-electron chi connectivity index (χ3n) is 2.77. The highest BCUT2D eigenvalue weighted by Gasteiger charge is 2.18. The van der Waals surface area contributed by atoms with Crippen LogP contribution in [0.4, 0.5) is 0 Å². The van der Waals surface area contributed by atoms with Gasteiger partial charge in [-0.25, -0.2) is 0 Å². The van der Waals surface area contributed by atoms with Gasteiger partial charge in [0.2, 0.25) is 0 Å². The van der Waals surface area contributed by atoms with Gasteiger partial charge in [-0.1, -0.05) is 13.8 Å². The van der Waals surface area contributed by atoms with Crippen LogP contribution in [0.5, 0.6) is 11.5 Å². The molecule has 4 nitrogen and oxygen atoms in total. The molecule has 108 valence electrons. The summed E-state index contributed by atoms with van der Waals surface area (Å²) in [5.74, 6) is 1.85. The maximum atomic E-state index is 10.2. The van der Waals surface area contributed by atoms with Crippen molar-refractivity contribution >= 4 is 15.9 Å². The van der Waals surface area contributed by atoms with Crippen molar-refractivity contribution in [2.45, 2.75) is 20.0 Å². The van der Waals surface area contributed by atoms with E-state index in [0.717, 1.165) is 16.6 Å². The SMILES string of the molecule is COc1ccc(C(O)CNCC(C)C)c(OC)c1Br. The van der Waals surface area contributed by atoms with Crippen LogP contribution in [0.25, 0.3) is 0 Å². The van der Waals surface area contributed by atoms with Crippen LogP contribution in [0.15, 0.2) is 16.6 Å². The number of aliphatic hydroxyl groups is 1. The third-order valence-corrected chi connectivity index (χ3v) is 3.52. The van der Waals surface area contributed by atoms with E-state index in [9.17, 15) is 5.11 Å². The fourth-order valence-electron chi connectivity index (χ4n) is 1.80. The summed E-state index contributed by atoms with van der Waals surface area (Å²) < 4.78 is 11.3. The number of rotatable bonds is 7. The highest BCUT2D eigenvalue weighted by atomic mass is 79.9. The van der Waals surface area contributed by atoms with Crippen molar-refractivity contribution in [1.29, 1.82) is 0 Å². The van der Waals surface area contributed by atoms with E-state index in [-0.39, 0.29) is 0 Å². The minimum Gasteiger partial charge on any atom is -0.495 e. The predicted octanol–water partition coefficient (Wildman–Crippen LogP) is 2.75. The third kappa shape index (κ3) is 4.37. The average Bonchev–Trinajstić information content (AvgIpc) is 2.37. The summed E-state index contributed by atoms with van der Waals surface area (Å²) in [5, 5.41) is 13.5. The van der Waals surface area contributed by atoms with Crippen molar-refractivity contribution in [2.24, 2.45) is 5.92 Å². The molecule has 1 aromatic rings. The molecule has 1 rings (SSSR count). The zero-order chi connectivity index (χ0) is 14.4. The molecule has 0 saturated carbocycles. The lowest BCUT2D eigenvalue weighted by Crippen LogP contribution is -2.25. The van der Waals surface area contributed by atoms with Crippen LogP contribution < -0.4 is 14.8 Å². The molecule has 0 heterocycles. The molecule has 0 fully saturated rings. The Kier molecular flexibility index (Phi) is 6.62. The van der Waals surface area contributed by atoms with Gasteiger partial charge in [-0.15, -0.1) is 0 Å². The number of hydrogen-bond acceptors (Lipinski definition) is 4. The molecular weight excluding hydrogens is 310 g/mol. The van der Waals surface area contributed by atoms with E-state index in [2.05, 4.69) is 35.1 Å². The Bertz CT molecular complexity index is 410. The van der Waals surface area contributed by atoms with Gasteiger partial charge < -0.3 is 19.9 Å². The van der Waals surface area contributed by atoms with E-state index in [4.69, 9.17) is 9.47 Å². The Balaban J connectivity index is 2.84. The highest BCUT2D eigenvalue weighted by Crippen LogP contribution is 2.39. The smallest absolute Gasteiger partial charge is 0.142 e. The second-order valence-electron chi connectivity index (χ2n) is 4.77. The molecule has 2 N–H and O–H groups in total. The molecule has 5 heteroatoms. The Morgan fingerprint density at radius 3 is 2.42 bits per heavy atom. The van der Waals surface area contributed by atoms with Crippen LogP contribution >= 0.6 is 15.9 Å². The summed E-state index contributed by atoms with van der Waals surface area (Å²) in [4.78, 5) is 0. The van der Waals surface area contributed by atoms with Gasteiger partial charge in [0.15, 0.2) is 0 Å². The van der Waals surface area contributed by atoms with E-state index in [0.29, 0.717) is 24.0 Å². The zero-order valence-electron chi connectivity index (χ0n) is 11.9. The number of ether oxygens (including phenoxy) is 2. The summed E-state index contributed by atoms with van der Waals surface area (Å²) in [6.07, 6.45) is -0.615. The molecule has 1 aromatic carbocycles. The van der Waals surface area contributed by atoms with Crippen LogP contribution in [0, 0.1) is 5.92 Å². The standard InChI is InChI=1S/C14H22BrNO3/c1-9(2)7-16-8-11(17)10-5-6-12(18-3)13(15)14(10)19-4/h5-6,9,11,16-17H,7-8H2,1-4H3. The molecule has 0 aliphatic heterocycles. The number of nitrogens with one attached hydrogen (secondary N) is 1. The first-order valence-electron chi connectivity index (χ1n) is 6.30. The normalized spacial score (nSPS) is 12.6. The first kappa shape index (κ1) is 16.3. The van der Waals surface area contributed by atoms with Crippen molar-refractivity contribution in [3.05, 3.63) is 22.2 Å². The Morgan fingerprint density at radius 2 is 1.89 bits per heavy atom. The Labute approximate surface area is 123 Å². The quantitative estimate of drug-likeness (QED) is 0.806. The number of hydrogen-bond donors (Lipinski definition) is 2. The maximum absolute atomic E-state index is 10.2. The molecule has 0 radical (unpaired) electrons. The number of methoxy groups -OCH3 is 2. The minimum atomic E-state index is -0.615. The first-order valence-corrected chi connectivity index (χ1v) is 7.09. The lowest BCUT2D eigenvalue weighted by molar-refractivity contribution is 0.169. The summed E-state index contributed by atoms with van der Waals surface area (Å²) in [5.41, 5.74) is 0.742. The summed E-state index contributed by atoms with van der Waals surface area (Å²) in [7, 11) is 3.18. The maximum Gasteiger partial charge on any atom is 0.142 e. The first-order chi connectivity index (χ1) is 9.01. The monoisotopic (exact) mass is 331 g/mol. The molecule has 0 amide bonds. The van der Waals surface area contributed by atoms with Gasteiger partial charge in [-0.05, 0) is 40.5 Å². The van der Waals surface area contributed by atoms with E-state index >= 15 is 0 Å². The highest BCUT2D eigenvalue weighted by molar-refractivity contribution is 9.10.